The van der Waals surface area contributed by atoms with Gasteiger partial charge in [-0.15, -0.1) is 0 Å². The lowest BCUT2D eigenvalue weighted by molar-refractivity contribution is -0.142. The minimum atomic E-state index is -0.482. The number of nitrogens with zero attached hydrogens (tertiary/aromatic N) is 2. The summed E-state index contributed by atoms with van der Waals surface area (Å²) in [6.07, 6.45) is 1.65. The molecule has 1 atom stereocenters. The van der Waals surface area contributed by atoms with Gasteiger partial charge in [0.25, 0.3) is 5.91 Å². The standard InChI is InChI=1S/C19H26ClN3O4/c20-15-1-3-16(4-2-15)27-13-17(24)22-7-9-23(10-8-22)19(25)18(21)14-5-11-26-12-6-14/h1-4,14,18H,5-13,21H2. The molecule has 1 unspecified atom stereocenters. The number of piperazine rings is 1. The first kappa shape index (κ1) is 19.9. The van der Waals surface area contributed by atoms with Crippen LogP contribution in [0.5, 0.6) is 5.75 Å². The molecule has 0 spiro atoms. The molecule has 2 aliphatic rings. The molecule has 8 heteroatoms. The van der Waals surface area contributed by atoms with Gasteiger partial charge in [-0.2, -0.15) is 0 Å². The number of hydrogen-bond acceptors (Lipinski definition) is 5. The number of halogens is 1. The predicted molar refractivity (Wildman–Crippen MR) is 102 cm³/mol. The van der Waals surface area contributed by atoms with Crippen LogP contribution in [-0.4, -0.2) is 73.7 Å². The van der Waals surface area contributed by atoms with Crippen LogP contribution >= 0.6 is 11.6 Å². The molecule has 1 aromatic carbocycles. The normalized spacial score (nSPS) is 19.6. The highest BCUT2D eigenvalue weighted by molar-refractivity contribution is 6.30. The van der Waals surface area contributed by atoms with Crippen LogP contribution in [0.4, 0.5) is 0 Å². The van der Waals surface area contributed by atoms with Crippen LogP contribution in [0, 0.1) is 5.92 Å². The van der Waals surface area contributed by atoms with Crippen molar-refractivity contribution in [3.05, 3.63) is 29.3 Å². The largest absolute Gasteiger partial charge is 0.484 e. The van der Waals surface area contributed by atoms with E-state index in [1.54, 1.807) is 34.1 Å². The van der Waals surface area contributed by atoms with E-state index in [0.717, 1.165) is 12.8 Å². The summed E-state index contributed by atoms with van der Waals surface area (Å²) in [5.74, 6) is 0.667. The van der Waals surface area contributed by atoms with Gasteiger partial charge in [0, 0.05) is 44.4 Å². The highest BCUT2D eigenvalue weighted by Gasteiger charge is 2.32. The summed E-state index contributed by atoms with van der Waals surface area (Å²) in [4.78, 5) is 28.5. The lowest BCUT2D eigenvalue weighted by atomic mass is 9.91. The van der Waals surface area contributed by atoms with Crippen molar-refractivity contribution in [3.63, 3.8) is 0 Å². The molecule has 7 nitrogen and oxygen atoms in total. The number of carbonyl (C=O) groups excluding carboxylic acids is 2. The molecule has 2 saturated heterocycles. The summed E-state index contributed by atoms with van der Waals surface area (Å²) >= 11 is 5.83. The average molecular weight is 396 g/mol. The van der Waals surface area contributed by atoms with Gasteiger partial charge in [-0.05, 0) is 43.0 Å². The van der Waals surface area contributed by atoms with Gasteiger partial charge >= 0.3 is 0 Å². The Morgan fingerprint density at radius 2 is 1.70 bits per heavy atom. The minimum absolute atomic E-state index is 0.0218. The van der Waals surface area contributed by atoms with Crippen molar-refractivity contribution in [1.29, 1.82) is 0 Å². The Kier molecular flexibility index (Phi) is 6.93. The zero-order valence-corrected chi connectivity index (χ0v) is 16.1. The van der Waals surface area contributed by atoms with E-state index in [-0.39, 0.29) is 24.3 Å². The first-order valence-corrected chi connectivity index (χ1v) is 9.70. The second kappa shape index (κ2) is 9.39. The average Bonchev–Trinajstić information content (AvgIpc) is 2.73. The molecule has 0 aromatic heterocycles. The van der Waals surface area contributed by atoms with Crippen LogP contribution in [0.3, 0.4) is 0 Å². The van der Waals surface area contributed by atoms with Crippen LogP contribution in [0.1, 0.15) is 12.8 Å². The molecule has 0 aliphatic carbocycles. The van der Waals surface area contributed by atoms with Crippen LogP contribution in [0.25, 0.3) is 0 Å². The maximum Gasteiger partial charge on any atom is 0.260 e. The smallest absolute Gasteiger partial charge is 0.260 e. The fourth-order valence-corrected chi connectivity index (χ4v) is 3.56. The summed E-state index contributed by atoms with van der Waals surface area (Å²) in [7, 11) is 0. The topological polar surface area (TPSA) is 85.1 Å². The molecular weight excluding hydrogens is 370 g/mol. The SMILES string of the molecule is NC(C(=O)N1CCN(C(=O)COc2ccc(Cl)cc2)CC1)C1CCOCC1. The van der Waals surface area contributed by atoms with Crippen molar-refractivity contribution in [2.75, 3.05) is 46.0 Å². The number of benzene rings is 1. The van der Waals surface area contributed by atoms with E-state index >= 15 is 0 Å². The highest BCUT2D eigenvalue weighted by atomic mass is 35.5. The monoisotopic (exact) mass is 395 g/mol. The minimum Gasteiger partial charge on any atom is -0.484 e. The summed E-state index contributed by atoms with van der Waals surface area (Å²) in [6, 6.07) is 6.40. The molecule has 3 rings (SSSR count). The summed E-state index contributed by atoms with van der Waals surface area (Å²) < 4.78 is 10.8. The van der Waals surface area contributed by atoms with Gasteiger partial charge in [-0.1, -0.05) is 11.6 Å². The van der Waals surface area contributed by atoms with Gasteiger partial charge in [-0.25, -0.2) is 0 Å². The third kappa shape index (κ3) is 5.34. The molecule has 2 heterocycles. The van der Waals surface area contributed by atoms with Crippen molar-refractivity contribution < 1.29 is 19.1 Å². The van der Waals surface area contributed by atoms with Crippen molar-refractivity contribution >= 4 is 23.4 Å². The number of ether oxygens (including phenoxy) is 2. The van der Waals surface area contributed by atoms with Crippen LogP contribution in [-0.2, 0) is 14.3 Å². The van der Waals surface area contributed by atoms with Gasteiger partial charge in [0.2, 0.25) is 5.91 Å². The third-order valence-corrected chi connectivity index (χ3v) is 5.43. The Labute approximate surface area is 164 Å². The van der Waals surface area contributed by atoms with Gasteiger partial charge in [0.15, 0.2) is 6.61 Å². The van der Waals surface area contributed by atoms with E-state index in [0.29, 0.717) is 50.2 Å². The first-order chi connectivity index (χ1) is 13.0. The van der Waals surface area contributed by atoms with E-state index in [9.17, 15) is 9.59 Å². The summed E-state index contributed by atoms with van der Waals surface area (Å²) in [5, 5.41) is 0.619. The second-order valence-electron chi connectivity index (χ2n) is 6.92. The molecule has 0 saturated carbocycles. The molecule has 2 amide bonds. The highest BCUT2D eigenvalue weighted by Crippen LogP contribution is 2.20. The number of amides is 2. The van der Waals surface area contributed by atoms with Gasteiger partial charge in [0.05, 0.1) is 6.04 Å². The molecule has 1 aromatic rings. The van der Waals surface area contributed by atoms with Gasteiger partial charge in [-0.3, -0.25) is 9.59 Å². The molecule has 2 N–H and O–H groups in total. The third-order valence-electron chi connectivity index (χ3n) is 5.18. The zero-order chi connectivity index (χ0) is 19.2. The predicted octanol–water partition coefficient (Wildman–Crippen LogP) is 1.14. The Balaban J connectivity index is 1.42. The van der Waals surface area contributed by atoms with Crippen molar-refractivity contribution in [1.82, 2.24) is 9.80 Å². The number of hydrogen-bond donors (Lipinski definition) is 1. The van der Waals surface area contributed by atoms with Crippen LogP contribution in [0.15, 0.2) is 24.3 Å². The van der Waals surface area contributed by atoms with Crippen LogP contribution < -0.4 is 10.5 Å². The Morgan fingerprint density at radius 1 is 1.11 bits per heavy atom. The quantitative estimate of drug-likeness (QED) is 0.808. The second-order valence-corrected chi connectivity index (χ2v) is 7.36. The Bertz CT molecular complexity index is 641. The van der Waals surface area contributed by atoms with Crippen molar-refractivity contribution in [3.8, 4) is 5.75 Å². The summed E-state index contributed by atoms with van der Waals surface area (Å²) in [6.45, 7) is 3.30. The van der Waals surface area contributed by atoms with Crippen LogP contribution in [0.2, 0.25) is 5.02 Å². The Morgan fingerprint density at radius 3 is 2.33 bits per heavy atom. The lowest BCUT2D eigenvalue weighted by Gasteiger charge is -2.37. The fourth-order valence-electron chi connectivity index (χ4n) is 3.43. The van der Waals surface area contributed by atoms with Crippen molar-refractivity contribution in [2.24, 2.45) is 11.7 Å². The maximum absolute atomic E-state index is 12.6. The molecule has 2 fully saturated rings. The van der Waals surface area contributed by atoms with E-state index in [2.05, 4.69) is 0 Å². The Hall–Kier alpha value is -1.83. The van der Waals surface area contributed by atoms with E-state index in [1.165, 1.54) is 0 Å². The van der Waals surface area contributed by atoms with E-state index in [4.69, 9.17) is 26.8 Å². The van der Waals surface area contributed by atoms with E-state index in [1.807, 2.05) is 0 Å². The molecule has 0 radical (unpaired) electrons. The zero-order valence-electron chi connectivity index (χ0n) is 15.3. The molecule has 27 heavy (non-hydrogen) atoms. The van der Waals surface area contributed by atoms with Gasteiger partial charge < -0.3 is 25.0 Å². The molecular formula is C19H26ClN3O4. The maximum atomic E-state index is 12.6. The molecule has 2 aliphatic heterocycles. The first-order valence-electron chi connectivity index (χ1n) is 9.33. The fraction of sp³-hybridized carbons (Fsp3) is 0.579. The number of carbonyl (C=O) groups is 2. The van der Waals surface area contributed by atoms with E-state index < -0.39 is 6.04 Å². The number of nitrogens with two attached hydrogens (primary N) is 1. The van der Waals surface area contributed by atoms with Gasteiger partial charge in [0.1, 0.15) is 5.75 Å². The number of rotatable bonds is 5. The molecule has 148 valence electrons. The summed E-state index contributed by atoms with van der Waals surface area (Å²) in [5.41, 5.74) is 6.18. The van der Waals surface area contributed by atoms with Crippen molar-refractivity contribution in [2.45, 2.75) is 18.9 Å². The lowest BCUT2D eigenvalue weighted by Crippen LogP contribution is -2.56. The molecule has 0 bridgehead atoms.